The Hall–Kier alpha value is -8.41. The van der Waals surface area contributed by atoms with Gasteiger partial charge in [-0.1, -0.05) is 133 Å². The standard InChI is InChI=1S/C66H45N4O.Ir/c1-4-13-49(14-5-1)50-28-30-51(31-29-50)59-41-63(54-32-33-58-65(40-54)71-64-21-12-36-67-66(58)64)70-44-60(59)57-20-11-10-19-56(57)55-38-47(24-22-45-26-34-61(68-42-45)52-15-6-2-7-16-52)37-48(39-55)25-23-46-27-35-62(69-43-46)53-17-8-3-9-18-53;/h1-15,17,19-21,26-31,33-44H,22-25H2;/q-3;+3. The molecule has 5 heterocycles. The molecule has 12 rings (SSSR count). The fourth-order valence-electron chi connectivity index (χ4n) is 9.53. The van der Waals surface area contributed by atoms with E-state index in [0.29, 0.717) is 0 Å². The Morgan fingerprint density at radius 3 is 1.60 bits per heavy atom. The summed E-state index contributed by atoms with van der Waals surface area (Å²) >= 11 is 0. The first-order chi connectivity index (χ1) is 35.1. The summed E-state index contributed by atoms with van der Waals surface area (Å²) in [7, 11) is 0. The van der Waals surface area contributed by atoms with Gasteiger partial charge in [-0.05, 0) is 121 Å². The van der Waals surface area contributed by atoms with Gasteiger partial charge in [-0.3, -0.25) is 4.98 Å². The molecule has 344 valence electrons. The van der Waals surface area contributed by atoms with Crippen molar-refractivity contribution in [2.45, 2.75) is 25.7 Å². The Morgan fingerprint density at radius 2 is 0.958 bits per heavy atom. The number of benzene rings is 7. The van der Waals surface area contributed by atoms with Gasteiger partial charge in [-0.25, -0.2) is 0 Å². The molecule has 72 heavy (non-hydrogen) atoms. The third kappa shape index (κ3) is 9.84. The van der Waals surface area contributed by atoms with Crippen molar-refractivity contribution in [3.63, 3.8) is 0 Å². The van der Waals surface area contributed by atoms with Crippen LogP contribution in [0.2, 0.25) is 0 Å². The molecule has 0 fully saturated rings. The molecule has 6 heteroatoms. The van der Waals surface area contributed by atoms with Crippen molar-refractivity contribution in [3.8, 4) is 78.3 Å². The first-order valence-corrected chi connectivity index (χ1v) is 24.1. The van der Waals surface area contributed by atoms with E-state index in [9.17, 15) is 0 Å². The molecule has 0 unspecified atom stereocenters. The van der Waals surface area contributed by atoms with Crippen molar-refractivity contribution in [1.29, 1.82) is 0 Å². The summed E-state index contributed by atoms with van der Waals surface area (Å²) in [5.74, 6) is 0. The molecule has 0 saturated carbocycles. The maximum Gasteiger partial charge on any atom is 3.00 e. The second-order valence-electron chi connectivity index (χ2n) is 17.9. The van der Waals surface area contributed by atoms with Crippen molar-refractivity contribution in [1.82, 2.24) is 19.9 Å². The van der Waals surface area contributed by atoms with E-state index in [1.165, 1.54) is 33.4 Å². The van der Waals surface area contributed by atoms with E-state index in [2.05, 4.69) is 151 Å². The van der Waals surface area contributed by atoms with Crippen LogP contribution in [0.3, 0.4) is 0 Å². The normalized spacial score (nSPS) is 11.2. The Morgan fingerprint density at radius 1 is 0.361 bits per heavy atom. The molecule has 0 aliphatic carbocycles. The Bertz CT molecular complexity index is 3680. The molecule has 0 radical (unpaired) electrons. The van der Waals surface area contributed by atoms with Gasteiger partial charge in [-0.15, -0.1) is 89.5 Å². The molecule has 0 bridgehead atoms. The first-order valence-electron chi connectivity index (χ1n) is 24.1. The van der Waals surface area contributed by atoms with Gasteiger partial charge in [0.05, 0.1) is 11.1 Å². The fourth-order valence-corrected chi connectivity index (χ4v) is 9.53. The van der Waals surface area contributed by atoms with Crippen LogP contribution in [0, 0.1) is 18.2 Å². The molecule has 0 N–H and O–H groups in total. The van der Waals surface area contributed by atoms with Crippen LogP contribution < -0.4 is 0 Å². The number of hydrogen-bond donors (Lipinski definition) is 0. The molecule has 0 amide bonds. The number of pyridine rings is 4. The number of fused-ring (bicyclic) bond motifs is 3. The Labute approximate surface area is 433 Å². The topological polar surface area (TPSA) is 64.7 Å². The maximum atomic E-state index is 6.27. The molecule has 12 aromatic rings. The number of aromatic nitrogens is 4. The third-order valence-corrected chi connectivity index (χ3v) is 13.2. The molecule has 5 nitrogen and oxygen atoms in total. The second kappa shape index (κ2) is 20.9. The van der Waals surface area contributed by atoms with Gasteiger partial charge in [0.15, 0.2) is 0 Å². The fraction of sp³-hybridized carbons (Fsp3) is 0.0606. The van der Waals surface area contributed by atoms with Crippen LogP contribution in [0.1, 0.15) is 22.3 Å². The van der Waals surface area contributed by atoms with Crippen LogP contribution in [0.15, 0.2) is 229 Å². The van der Waals surface area contributed by atoms with Crippen LogP contribution in [-0.4, -0.2) is 19.9 Å². The minimum absolute atomic E-state index is 0. The summed E-state index contributed by atoms with van der Waals surface area (Å²) in [6.07, 6.45) is 11.3. The first kappa shape index (κ1) is 46.0. The van der Waals surface area contributed by atoms with Gasteiger partial charge in [-0.2, -0.15) is 0 Å². The van der Waals surface area contributed by atoms with E-state index in [4.69, 9.17) is 19.4 Å². The van der Waals surface area contributed by atoms with E-state index < -0.39 is 0 Å². The van der Waals surface area contributed by atoms with E-state index in [-0.39, 0.29) is 20.1 Å². The molecule has 0 spiro atoms. The van der Waals surface area contributed by atoms with Gasteiger partial charge in [0.1, 0.15) is 5.58 Å². The predicted octanol–water partition coefficient (Wildman–Crippen LogP) is 15.8. The third-order valence-electron chi connectivity index (χ3n) is 13.2. The molecule has 0 aliphatic rings. The number of nitrogens with zero attached hydrogens (tertiary/aromatic N) is 4. The zero-order valence-electron chi connectivity index (χ0n) is 39.2. The van der Waals surface area contributed by atoms with E-state index >= 15 is 0 Å². The summed E-state index contributed by atoms with van der Waals surface area (Å²) in [6, 6.07) is 80.0. The summed E-state index contributed by atoms with van der Waals surface area (Å²) < 4.78 is 6.27. The van der Waals surface area contributed by atoms with Gasteiger partial charge >= 0.3 is 20.1 Å². The van der Waals surface area contributed by atoms with Crippen molar-refractivity contribution in [2.24, 2.45) is 0 Å². The largest absolute Gasteiger partial charge is 3.00 e. The van der Waals surface area contributed by atoms with Gasteiger partial charge in [0, 0.05) is 30.4 Å². The van der Waals surface area contributed by atoms with Crippen LogP contribution >= 0.6 is 0 Å². The smallest absolute Gasteiger partial charge is 0.475 e. The summed E-state index contributed by atoms with van der Waals surface area (Å²) in [5, 5.41) is 0.932. The average Bonchev–Trinajstić information content (AvgIpc) is 3.83. The Kier molecular flexibility index (Phi) is 13.4. The van der Waals surface area contributed by atoms with Crippen LogP contribution in [0.25, 0.3) is 100 Å². The van der Waals surface area contributed by atoms with Crippen molar-refractivity contribution in [3.05, 3.63) is 265 Å². The van der Waals surface area contributed by atoms with Gasteiger partial charge < -0.3 is 19.4 Å². The van der Waals surface area contributed by atoms with Crippen LogP contribution in [0.5, 0.6) is 0 Å². The second-order valence-corrected chi connectivity index (χ2v) is 17.9. The maximum absolute atomic E-state index is 6.27. The Balaban J connectivity index is 0.00000560. The minimum Gasteiger partial charge on any atom is -0.475 e. The average molecular weight is 1100 g/mol. The molecule has 0 atom stereocenters. The zero-order valence-corrected chi connectivity index (χ0v) is 41.6. The summed E-state index contributed by atoms with van der Waals surface area (Å²) in [6.45, 7) is 0. The number of furan rings is 1. The molecule has 0 saturated heterocycles. The molecular formula is C66H45IrN4O. The molecular weight excluding hydrogens is 1060 g/mol. The monoisotopic (exact) mass is 1100 g/mol. The van der Waals surface area contributed by atoms with Crippen LogP contribution in [0.4, 0.5) is 0 Å². The summed E-state index contributed by atoms with van der Waals surface area (Å²) in [5.41, 5.74) is 21.8. The predicted molar refractivity (Wildman–Crippen MR) is 287 cm³/mol. The number of rotatable bonds is 13. The molecule has 7 aromatic carbocycles. The van der Waals surface area contributed by atoms with Crippen molar-refractivity contribution >= 4 is 22.1 Å². The minimum atomic E-state index is 0. The van der Waals surface area contributed by atoms with Gasteiger partial charge in [0.25, 0.3) is 0 Å². The SMILES string of the molecule is [Ir+3].[c-]1ccccc1-c1ccc(CCc2cc(CCc3ccc(-c4[c-]cccc4)nc3)cc(-c3ccccc3-c3cnc(-c4[c-]cc5c(c4)oc4cccnc45)cc3-c3ccc(-c4ccccc4)cc3)c2)cn1. The zero-order chi connectivity index (χ0) is 47.3. The van der Waals surface area contributed by atoms with E-state index in [1.54, 1.807) is 6.20 Å². The van der Waals surface area contributed by atoms with Crippen LogP contribution in [-0.2, 0) is 45.8 Å². The quantitative estimate of drug-likeness (QED) is 0.108. The molecule has 5 aromatic heterocycles. The summed E-state index contributed by atoms with van der Waals surface area (Å²) in [4.78, 5) is 19.4. The van der Waals surface area contributed by atoms with E-state index in [0.717, 1.165) is 115 Å². The van der Waals surface area contributed by atoms with Gasteiger partial charge in [0.2, 0.25) is 0 Å². The molecule has 0 aliphatic heterocycles. The number of aryl methyl sites for hydroxylation is 4. The number of hydrogen-bond acceptors (Lipinski definition) is 5. The van der Waals surface area contributed by atoms with Crippen molar-refractivity contribution < 1.29 is 24.5 Å². The van der Waals surface area contributed by atoms with Crippen molar-refractivity contribution in [2.75, 3.05) is 0 Å². The van der Waals surface area contributed by atoms with E-state index in [1.807, 2.05) is 91.4 Å².